The van der Waals surface area contributed by atoms with Gasteiger partial charge in [-0.3, -0.25) is 4.79 Å². The van der Waals surface area contributed by atoms with Crippen LogP contribution in [0.3, 0.4) is 0 Å². The van der Waals surface area contributed by atoms with Crippen molar-refractivity contribution >= 4 is 11.6 Å². The van der Waals surface area contributed by atoms with Crippen LogP contribution in [0.5, 0.6) is 5.75 Å². The fourth-order valence-corrected chi connectivity index (χ4v) is 2.67. The highest BCUT2D eigenvalue weighted by molar-refractivity contribution is 5.99. The Kier molecular flexibility index (Phi) is 4.73. The minimum atomic E-state index is -0.905. The zero-order chi connectivity index (χ0) is 15.5. The molecule has 1 aliphatic heterocycles. The molecule has 0 radical (unpaired) electrons. The molecule has 3 N–H and O–H groups in total. The number of fused-ring (bicyclic) bond motifs is 1. The first-order valence-electron chi connectivity index (χ1n) is 7.39. The molecule has 0 spiro atoms. The molecule has 0 aromatic heterocycles. The van der Waals surface area contributed by atoms with Crippen molar-refractivity contribution in [1.82, 2.24) is 5.32 Å². The van der Waals surface area contributed by atoms with E-state index in [0.29, 0.717) is 30.3 Å². The summed E-state index contributed by atoms with van der Waals surface area (Å²) < 4.78 is 5.59. The molecule has 116 valence electrons. The minimum absolute atomic E-state index is 0.223. The van der Waals surface area contributed by atoms with Gasteiger partial charge in [-0.05, 0) is 31.4 Å². The van der Waals surface area contributed by atoms with Crippen LogP contribution in [0.4, 0.5) is 5.69 Å². The Balaban J connectivity index is 2.04. The first kappa shape index (κ1) is 15.6. The van der Waals surface area contributed by atoms with Gasteiger partial charge >= 0.3 is 0 Å². The number of carbonyl (C=O) groups excluding carboxylic acids is 1. The molecule has 1 aromatic rings. The molecule has 1 heterocycles. The van der Waals surface area contributed by atoms with Gasteiger partial charge in [0, 0.05) is 13.1 Å². The van der Waals surface area contributed by atoms with Crippen LogP contribution in [-0.4, -0.2) is 36.3 Å². The summed E-state index contributed by atoms with van der Waals surface area (Å²) in [6.45, 7) is 7.34. The van der Waals surface area contributed by atoms with Crippen LogP contribution in [0.15, 0.2) is 18.2 Å². The number of rotatable bonds is 5. The highest BCUT2D eigenvalue weighted by Gasteiger charge is 2.24. The molecule has 5 nitrogen and oxygen atoms in total. The van der Waals surface area contributed by atoms with Crippen LogP contribution >= 0.6 is 0 Å². The topological polar surface area (TPSA) is 70.6 Å². The average Bonchev–Trinajstić information content (AvgIpc) is 2.43. The summed E-state index contributed by atoms with van der Waals surface area (Å²) in [6, 6.07) is 5.44. The highest BCUT2D eigenvalue weighted by Crippen LogP contribution is 2.31. The van der Waals surface area contributed by atoms with Crippen molar-refractivity contribution in [1.29, 1.82) is 0 Å². The van der Waals surface area contributed by atoms with E-state index in [-0.39, 0.29) is 12.5 Å². The number of aliphatic hydroxyl groups is 1. The zero-order valence-corrected chi connectivity index (χ0v) is 12.9. The Morgan fingerprint density at radius 2 is 2.29 bits per heavy atom. The van der Waals surface area contributed by atoms with Crippen LogP contribution in [0, 0.1) is 5.92 Å². The van der Waals surface area contributed by atoms with Crippen molar-refractivity contribution in [2.75, 3.05) is 25.0 Å². The molecule has 1 amide bonds. The number of para-hydroxylation sites is 1. The van der Waals surface area contributed by atoms with Gasteiger partial charge in [0.15, 0.2) is 5.75 Å². The Hall–Kier alpha value is -1.75. The third-order valence-electron chi connectivity index (χ3n) is 3.40. The van der Waals surface area contributed by atoms with Crippen LogP contribution in [0.25, 0.3) is 0 Å². The van der Waals surface area contributed by atoms with E-state index in [0.717, 1.165) is 12.2 Å². The van der Waals surface area contributed by atoms with E-state index in [1.807, 2.05) is 26.0 Å². The number of nitrogens with one attached hydrogen (secondary N) is 2. The predicted octanol–water partition coefficient (Wildman–Crippen LogP) is 2.02. The Morgan fingerprint density at radius 3 is 3.00 bits per heavy atom. The van der Waals surface area contributed by atoms with Crippen LogP contribution < -0.4 is 15.4 Å². The lowest BCUT2D eigenvalue weighted by Gasteiger charge is -2.26. The molecule has 21 heavy (non-hydrogen) atoms. The van der Waals surface area contributed by atoms with Crippen LogP contribution in [0.2, 0.25) is 0 Å². The van der Waals surface area contributed by atoms with Gasteiger partial charge in [-0.15, -0.1) is 0 Å². The molecule has 0 saturated carbocycles. The number of benzene rings is 1. The first-order chi connectivity index (χ1) is 9.89. The molecule has 0 bridgehead atoms. The largest absolute Gasteiger partial charge is 0.489 e. The molecule has 0 fully saturated rings. The lowest BCUT2D eigenvalue weighted by atomic mass is 9.94. The van der Waals surface area contributed by atoms with Gasteiger partial charge in [0.05, 0.1) is 16.9 Å². The summed E-state index contributed by atoms with van der Waals surface area (Å²) in [5.74, 6) is 0.734. The molecular formula is C16H24N2O3. The molecule has 1 aromatic carbocycles. The van der Waals surface area contributed by atoms with Crippen LogP contribution in [0.1, 0.15) is 37.6 Å². The molecule has 1 atom stereocenters. The Bertz CT molecular complexity index is 512. The summed E-state index contributed by atoms with van der Waals surface area (Å²) in [7, 11) is 0. The first-order valence-corrected chi connectivity index (χ1v) is 7.39. The SMILES string of the molecule is CC(C)CC(C)(O)CNC(=O)c1cccc2c1OCCN2. The maximum atomic E-state index is 12.3. The summed E-state index contributed by atoms with van der Waals surface area (Å²) in [6.07, 6.45) is 0.637. The van der Waals surface area contributed by atoms with Crippen molar-refractivity contribution in [3.8, 4) is 5.75 Å². The van der Waals surface area contributed by atoms with Crippen molar-refractivity contribution < 1.29 is 14.6 Å². The van der Waals surface area contributed by atoms with Gasteiger partial charge in [-0.1, -0.05) is 19.9 Å². The monoisotopic (exact) mass is 292 g/mol. The normalized spacial score (nSPS) is 16.4. The molecule has 2 rings (SSSR count). The average molecular weight is 292 g/mol. The van der Waals surface area contributed by atoms with Gasteiger partial charge in [0.2, 0.25) is 0 Å². The fourth-order valence-electron chi connectivity index (χ4n) is 2.67. The molecular weight excluding hydrogens is 268 g/mol. The molecule has 1 aliphatic rings. The van der Waals surface area contributed by atoms with Crippen molar-refractivity contribution in [2.24, 2.45) is 5.92 Å². The summed E-state index contributed by atoms with van der Waals surface area (Å²) in [5, 5.41) is 16.3. The second-order valence-corrected chi connectivity index (χ2v) is 6.24. The summed E-state index contributed by atoms with van der Waals surface area (Å²) >= 11 is 0. The smallest absolute Gasteiger partial charge is 0.255 e. The Morgan fingerprint density at radius 1 is 1.52 bits per heavy atom. The standard InChI is InChI=1S/C16H24N2O3/c1-11(2)9-16(3,20)10-18-15(19)12-5-4-6-13-14(12)21-8-7-17-13/h4-6,11,17,20H,7-10H2,1-3H3,(H,18,19). The molecule has 0 saturated heterocycles. The van der Waals surface area contributed by atoms with Crippen molar-refractivity contribution in [3.05, 3.63) is 23.8 Å². The van der Waals surface area contributed by atoms with Crippen molar-refractivity contribution in [3.63, 3.8) is 0 Å². The van der Waals surface area contributed by atoms with Gasteiger partial charge in [-0.2, -0.15) is 0 Å². The molecule has 5 heteroatoms. The highest BCUT2D eigenvalue weighted by atomic mass is 16.5. The number of hydrogen-bond acceptors (Lipinski definition) is 4. The third kappa shape index (κ3) is 4.11. The second-order valence-electron chi connectivity index (χ2n) is 6.24. The number of carbonyl (C=O) groups is 1. The van der Waals surface area contributed by atoms with Crippen molar-refractivity contribution in [2.45, 2.75) is 32.8 Å². The molecule has 0 aliphatic carbocycles. The number of amides is 1. The van der Waals surface area contributed by atoms with Gasteiger partial charge in [0.1, 0.15) is 6.61 Å². The van der Waals surface area contributed by atoms with E-state index in [9.17, 15) is 9.90 Å². The van der Waals surface area contributed by atoms with E-state index in [2.05, 4.69) is 10.6 Å². The van der Waals surface area contributed by atoms with E-state index < -0.39 is 5.60 Å². The lowest BCUT2D eigenvalue weighted by Crippen LogP contribution is -2.41. The van der Waals surface area contributed by atoms with E-state index in [4.69, 9.17) is 4.74 Å². The number of hydrogen-bond donors (Lipinski definition) is 3. The summed E-state index contributed by atoms with van der Waals surface area (Å²) in [4.78, 5) is 12.3. The van der Waals surface area contributed by atoms with Crippen LogP contribution in [-0.2, 0) is 0 Å². The second kappa shape index (κ2) is 6.35. The Labute approximate surface area is 125 Å². The fraction of sp³-hybridized carbons (Fsp3) is 0.562. The zero-order valence-electron chi connectivity index (χ0n) is 12.9. The maximum Gasteiger partial charge on any atom is 0.255 e. The number of ether oxygens (including phenoxy) is 1. The predicted molar refractivity (Wildman–Crippen MR) is 82.8 cm³/mol. The maximum absolute atomic E-state index is 12.3. The van der Waals surface area contributed by atoms with Gasteiger partial charge in [0.25, 0.3) is 5.91 Å². The van der Waals surface area contributed by atoms with E-state index in [1.165, 1.54) is 0 Å². The van der Waals surface area contributed by atoms with Gasteiger partial charge < -0.3 is 20.5 Å². The third-order valence-corrected chi connectivity index (χ3v) is 3.40. The lowest BCUT2D eigenvalue weighted by molar-refractivity contribution is 0.0368. The quantitative estimate of drug-likeness (QED) is 0.776. The van der Waals surface area contributed by atoms with Gasteiger partial charge in [-0.25, -0.2) is 0 Å². The van der Waals surface area contributed by atoms with E-state index >= 15 is 0 Å². The summed E-state index contributed by atoms with van der Waals surface area (Å²) in [5.41, 5.74) is 0.431. The van der Waals surface area contributed by atoms with E-state index in [1.54, 1.807) is 13.0 Å². The molecule has 1 unspecified atom stereocenters. The minimum Gasteiger partial charge on any atom is -0.489 e. The number of anilines is 1.